The number of halogens is 1. The van der Waals surface area contributed by atoms with Gasteiger partial charge in [-0.2, -0.15) is 0 Å². The fraction of sp³-hybridized carbons (Fsp3) is 0.714. The van der Waals surface area contributed by atoms with E-state index in [-0.39, 0.29) is 0 Å². The SMILES string of the molecule is CC(C)CN1CCC(N(C)Cc2ccc(N3CCN(F)CC3)cc2)CC1. The first-order valence-electron chi connectivity index (χ1n) is 10.2. The van der Waals surface area contributed by atoms with Gasteiger partial charge in [0, 0.05) is 51.0 Å². The highest BCUT2D eigenvalue weighted by atomic mass is 19.2. The maximum Gasteiger partial charge on any atom is 0.0467 e. The lowest BCUT2D eigenvalue weighted by molar-refractivity contribution is 0.0200. The van der Waals surface area contributed by atoms with Gasteiger partial charge in [-0.3, -0.25) is 4.90 Å². The van der Waals surface area contributed by atoms with Crippen molar-refractivity contribution < 1.29 is 4.48 Å². The zero-order valence-corrected chi connectivity index (χ0v) is 16.7. The molecule has 5 heteroatoms. The first kappa shape index (κ1) is 19.6. The Morgan fingerprint density at radius 2 is 1.62 bits per heavy atom. The van der Waals surface area contributed by atoms with Crippen LogP contribution in [0.4, 0.5) is 10.2 Å². The molecule has 0 N–H and O–H groups in total. The van der Waals surface area contributed by atoms with Crippen LogP contribution in [0, 0.1) is 5.92 Å². The zero-order valence-electron chi connectivity index (χ0n) is 16.7. The minimum Gasteiger partial charge on any atom is -0.369 e. The topological polar surface area (TPSA) is 13.0 Å². The van der Waals surface area contributed by atoms with Gasteiger partial charge in [-0.25, -0.2) is 0 Å². The van der Waals surface area contributed by atoms with Gasteiger partial charge in [-0.05, 0) is 56.6 Å². The van der Waals surface area contributed by atoms with Crippen molar-refractivity contribution in [1.29, 1.82) is 0 Å². The van der Waals surface area contributed by atoms with Crippen LogP contribution in [0.1, 0.15) is 32.3 Å². The maximum absolute atomic E-state index is 13.1. The first-order chi connectivity index (χ1) is 12.5. The fourth-order valence-electron chi connectivity index (χ4n) is 4.23. The Labute approximate surface area is 158 Å². The number of rotatable bonds is 6. The van der Waals surface area contributed by atoms with E-state index in [2.05, 4.69) is 59.9 Å². The molecule has 2 heterocycles. The van der Waals surface area contributed by atoms with Crippen LogP contribution in [0.3, 0.4) is 0 Å². The van der Waals surface area contributed by atoms with E-state index >= 15 is 0 Å². The predicted molar refractivity (Wildman–Crippen MR) is 107 cm³/mol. The summed E-state index contributed by atoms with van der Waals surface area (Å²) in [5.41, 5.74) is 2.58. The summed E-state index contributed by atoms with van der Waals surface area (Å²) in [5.74, 6) is 0.760. The van der Waals surface area contributed by atoms with Crippen molar-refractivity contribution in [2.75, 3.05) is 57.8 Å². The highest BCUT2D eigenvalue weighted by Crippen LogP contribution is 2.21. The molecule has 0 bridgehead atoms. The maximum atomic E-state index is 13.1. The second-order valence-corrected chi connectivity index (χ2v) is 8.40. The van der Waals surface area contributed by atoms with Crippen LogP contribution in [0.5, 0.6) is 0 Å². The molecule has 1 aromatic rings. The van der Waals surface area contributed by atoms with Crippen LogP contribution in [-0.2, 0) is 6.54 Å². The molecule has 0 aliphatic carbocycles. The van der Waals surface area contributed by atoms with Crippen molar-refractivity contribution in [3.05, 3.63) is 29.8 Å². The highest BCUT2D eigenvalue weighted by molar-refractivity contribution is 5.48. The first-order valence-corrected chi connectivity index (χ1v) is 10.2. The van der Waals surface area contributed by atoms with E-state index in [1.807, 2.05) is 0 Å². The molecule has 2 saturated heterocycles. The Kier molecular flexibility index (Phi) is 6.90. The molecule has 0 amide bonds. The standard InChI is InChI=1S/C21H35FN4/c1-18(2)16-24-10-8-20(9-11-24)23(3)17-19-4-6-21(7-5-19)25-12-14-26(22)15-13-25/h4-7,18,20H,8-17H2,1-3H3. The van der Waals surface area contributed by atoms with Gasteiger partial charge >= 0.3 is 0 Å². The number of benzene rings is 1. The Morgan fingerprint density at radius 1 is 1.00 bits per heavy atom. The molecule has 2 aliphatic rings. The fourth-order valence-corrected chi connectivity index (χ4v) is 4.23. The Morgan fingerprint density at radius 3 is 2.19 bits per heavy atom. The molecular weight excluding hydrogens is 327 g/mol. The molecule has 3 rings (SSSR count). The third-order valence-electron chi connectivity index (χ3n) is 5.76. The third-order valence-corrected chi connectivity index (χ3v) is 5.76. The van der Waals surface area contributed by atoms with E-state index in [9.17, 15) is 4.48 Å². The molecule has 2 fully saturated rings. The Hall–Kier alpha value is -1.17. The smallest absolute Gasteiger partial charge is 0.0467 e. The Bertz CT molecular complexity index is 531. The minimum atomic E-state index is 0.500. The molecule has 26 heavy (non-hydrogen) atoms. The van der Waals surface area contributed by atoms with Gasteiger partial charge in [0.25, 0.3) is 0 Å². The van der Waals surface area contributed by atoms with Gasteiger partial charge in [0.2, 0.25) is 0 Å². The van der Waals surface area contributed by atoms with Crippen molar-refractivity contribution in [2.45, 2.75) is 39.3 Å². The van der Waals surface area contributed by atoms with Gasteiger partial charge in [0.1, 0.15) is 0 Å². The summed E-state index contributed by atoms with van der Waals surface area (Å²) < 4.78 is 13.1. The van der Waals surface area contributed by atoms with E-state index in [1.54, 1.807) is 0 Å². The van der Waals surface area contributed by atoms with E-state index < -0.39 is 0 Å². The number of hydrogen-bond acceptors (Lipinski definition) is 4. The van der Waals surface area contributed by atoms with Crippen LogP contribution in [0.25, 0.3) is 0 Å². The van der Waals surface area contributed by atoms with E-state index in [0.29, 0.717) is 19.1 Å². The quantitative estimate of drug-likeness (QED) is 0.720. The van der Waals surface area contributed by atoms with Crippen molar-refractivity contribution in [1.82, 2.24) is 14.9 Å². The minimum absolute atomic E-state index is 0.500. The number of nitrogens with zero attached hydrogens (tertiary/aromatic N) is 4. The van der Waals surface area contributed by atoms with Crippen molar-refractivity contribution >= 4 is 5.69 Å². The van der Waals surface area contributed by atoms with Crippen molar-refractivity contribution in [3.63, 3.8) is 0 Å². The molecule has 1 aromatic carbocycles. The summed E-state index contributed by atoms with van der Waals surface area (Å²) in [7, 11) is 2.26. The molecule has 0 radical (unpaired) electrons. The van der Waals surface area contributed by atoms with Crippen molar-refractivity contribution in [2.24, 2.45) is 5.92 Å². The molecule has 0 atom stereocenters. The average molecular weight is 363 g/mol. The molecule has 2 aliphatic heterocycles. The zero-order chi connectivity index (χ0) is 18.5. The summed E-state index contributed by atoms with van der Waals surface area (Å²) in [6.45, 7) is 11.8. The largest absolute Gasteiger partial charge is 0.369 e. The number of piperidine rings is 1. The highest BCUT2D eigenvalue weighted by Gasteiger charge is 2.23. The molecular formula is C21H35FN4. The van der Waals surface area contributed by atoms with Crippen LogP contribution >= 0.6 is 0 Å². The molecule has 0 unspecified atom stereocenters. The van der Waals surface area contributed by atoms with Crippen LogP contribution < -0.4 is 4.90 Å². The summed E-state index contributed by atoms with van der Waals surface area (Å²) in [4.78, 5) is 7.40. The summed E-state index contributed by atoms with van der Waals surface area (Å²) >= 11 is 0. The van der Waals surface area contributed by atoms with E-state index in [0.717, 1.165) is 30.7 Å². The average Bonchev–Trinajstić information content (AvgIpc) is 2.63. The number of likely N-dealkylation sites (tertiary alicyclic amines) is 1. The number of hydrogen-bond donors (Lipinski definition) is 0. The normalized spacial score (nSPS) is 21.1. The Balaban J connectivity index is 1.47. The van der Waals surface area contributed by atoms with Gasteiger partial charge in [-0.15, -0.1) is 9.60 Å². The molecule has 0 aromatic heterocycles. The molecule has 0 spiro atoms. The lowest BCUT2D eigenvalue weighted by atomic mass is 10.0. The lowest BCUT2D eigenvalue weighted by Gasteiger charge is -2.37. The monoisotopic (exact) mass is 362 g/mol. The van der Waals surface area contributed by atoms with Crippen molar-refractivity contribution in [3.8, 4) is 0 Å². The van der Waals surface area contributed by atoms with Crippen LogP contribution in [-0.4, -0.2) is 73.8 Å². The second-order valence-electron chi connectivity index (χ2n) is 8.40. The van der Waals surface area contributed by atoms with E-state index in [4.69, 9.17) is 0 Å². The molecule has 4 nitrogen and oxygen atoms in total. The van der Waals surface area contributed by atoms with E-state index in [1.165, 1.54) is 43.7 Å². The summed E-state index contributed by atoms with van der Waals surface area (Å²) in [6.07, 6.45) is 2.55. The summed E-state index contributed by atoms with van der Waals surface area (Å²) in [5, 5.41) is 0.909. The van der Waals surface area contributed by atoms with Gasteiger partial charge in [0.05, 0.1) is 0 Å². The molecule has 146 valence electrons. The number of anilines is 1. The van der Waals surface area contributed by atoms with Gasteiger partial charge in [-0.1, -0.05) is 26.0 Å². The van der Waals surface area contributed by atoms with Gasteiger partial charge < -0.3 is 9.80 Å². The van der Waals surface area contributed by atoms with Crippen LogP contribution in [0.2, 0.25) is 0 Å². The molecule has 0 saturated carbocycles. The number of piperazine rings is 1. The third kappa shape index (κ3) is 5.41. The van der Waals surface area contributed by atoms with Gasteiger partial charge in [0.15, 0.2) is 0 Å². The summed E-state index contributed by atoms with van der Waals surface area (Å²) in [6, 6.07) is 9.56. The second kappa shape index (κ2) is 9.16. The lowest BCUT2D eigenvalue weighted by Crippen LogP contribution is -2.44. The predicted octanol–water partition coefficient (Wildman–Crippen LogP) is 3.25. The van der Waals surface area contributed by atoms with Crippen LogP contribution in [0.15, 0.2) is 24.3 Å².